The lowest BCUT2D eigenvalue weighted by Gasteiger charge is -2.26. The Hall–Kier alpha value is -3.41. The van der Waals surface area contributed by atoms with Crippen molar-refractivity contribution in [3.63, 3.8) is 0 Å². The van der Waals surface area contributed by atoms with Crippen molar-refractivity contribution in [2.75, 3.05) is 0 Å². The monoisotopic (exact) mass is 372 g/mol. The van der Waals surface area contributed by atoms with Crippen LogP contribution in [0.3, 0.4) is 0 Å². The molecule has 0 unspecified atom stereocenters. The predicted octanol–water partition coefficient (Wildman–Crippen LogP) is 4.11. The molecule has 1 atom stereocenters. The van der Waals surface area contributed by atoms with Gasteiger partial charge < -0.3 is 14.1 Å². The van der Waals surface area contributed by atoms with Gasteiger partial charge in [-0.1, -0.05) is 24.3 Å². The zero-order valence-corrected chi connectivity index (χ0v) is 15.6. The summed E-state index contributed by atoms with van der Waals surface area (Å²) in [5.74, 6) is -0.103. The van der Waals surface area contributed by atoms with Crippen LogP contribution in [0.2, 0.25) is 0 Å². The van der Waals surface area contributed by atoms with Crippen LogP contribution in [0.1, 0.15) is 46.1 Å². The highest BCUT2D eigenvalue weighted by atomic mass is 16.3. The van der Waals surface area contributed by atoms with E-state index in [9.17, 15) is 4.79 Å². The van der Waals surface area contributed by atoms with Gasteiger partial charge in [-0.15, -0.1) is 0 Å². The average molecular weight is 372 g/mol. The number of rotatable bonds is 3. The van der Waals surface area contributed by atoms with E-state index in [0.29, 0.717) is 22.6 Å². The second-order valence-electron chi connectivity index (χ2n) is 7.20. The molecule has 1 aromatic carbocycles. The minimum absolute atomic E-state index is 0.0345. The first-order chi connectivity index (χ1) is 13.7. The molecule has 3 aromatic heterocycles. The van der Waals surface area contributed by atoms with E-state index in [0.717, 1.165) is 25.0 Å². The highest BCUT2D eigenvalue weighted by molar-refractivity contribution is 6.00. The third-order valence-corrected chi connectivity index (χ3v) is 5.43. The summed E-state index contributed by atoms with van der Waals surface area (Å²) >= 11 is 0. The van der Waals surface area contributed by atoms with Gasteiger partial charge in [0.15, 0.2) is 12.0 Å². The topological polar surface area (TPSA) is 72.4 Å². The number of nitrogens with zero attached hydrogens (tertiary/aromatic N) is 3. The fourth-order valence-electron chi connectivity index (χ4n) is 4.02. The Morgan fingerprint density at radius 3 is 3.00 bits per heavy atom. The molecule has 0 saturated heterocycles. The highest BCUT2D eigenvalue weighted by Crippen LogP contribution is 2.30. The number of aromatic nitrogens is 3. The SMILES string of the molecule is Cc1cc(-c2cocn2)nc2c(C(=O)N[C@H]3CCCc4ccccc43)ccn12. The van der Waals surface area contributed by atoms with Gasteiger partial charge in [-0.2, -0.15) is 0 Å². The van der Waals surface area contributed by atoms with Crippen LogP contribution in [0.25, 0.3) is 17.0 Å². The lowest BCUT2D eigenvalue weighted by Crippen LogP contribution is -2.31. The van der Waals surface area contributed by atoms with Crippen molar-refractivity contribution in [3.05, 3.63) is 77.6 Å². The van der Waals surface area contributed by atoms with Crippen molar-refractivity contribution in [2.45, 2.75) is 32.2 Å². The van der Waals surface area contributed by atoms with Crippen molar-refractivity contribution < 1.29 is 9.21 Å². The van der Waals surface area contributed by atoms with Gasteiger partial charge in [0.05, 0.1) is 17.3 Å². The molecular formula is C22H20N4O2. The summed E-state index contributed by atoms with van der Waals surface area (Å²) in [6.07, 6.45) is 7.91. The van der Waals surface area contributed by atoms with Crippen molar-refractivity contribution in [1.82, 2.24) is 19.7 Å². The number of aryl methyl sites for hydroxylation is 2. The van der Waals surface area contributed by atoms with Crippen molar-refractivity contribution in [3.8, 4) is 11.4 Å². The minimum atomic E-state index is -0.103. The number of nitrogens with one attached hydrogen (secondary N) is 1. The van der Waals surface area contributed by atoms with Crippen LogP contribution in [0.4, 0.5) is 0 Å². The molecule has 1 N–H and O–H groups in total. The quantitative estimate of drug-likeness (QED) is 0.587. The maximum absolute atomic E-state index is 13.1. The maximum atomic E-state index is 13.1. The first-order valence-corrected chi connectivity index (χ1v) is 9.46. The number of carbonyl (C=O) groups excluding carboxylic acids is 1. The lowest BCUT2D eigenvalue weighted by atomic mass is 9.87. The van der Waals surface area contributed by atoms with Crippen LogP contribution in [0, 0.1) is 6.92 Å². The first kappa shape index (κ1) is 16.7. The standard InChI is InChI=1S/C22H20N4O2/c1-14-11-19(20-12-28-13-23-20)24-21-17(9-10-26(14)21)22(27)25-18-8-4-6-15-5-2-3-7-16(15)18/h2-3,5,7,9-13,18H,4,6,8H2,1H3,(H,25,27)/t18-/m0/s1. The number of hydrogen-bond acceptors (Lipinski definition) is 4. The summed E-state index contributed by atoms with van der Waals surface area (Å²) in [5, 5.41) is 3.22. The van der Waals surface area contributed by atoms with Gasteiger partial charge >= 0.3 is 0 Å². The van der Waals surface area contributed by atoms with Crippen LogP contribution in [-0.4, -0.2) is 20.3 Å². The Kier molecular flexibility index (Phi) is 3.97. The van der Waals surface area contributed by atoms with Gasteiger partial charge in [-0.05, 0) is 49.4 Å². The first-order valence-electron chi connectivity index (χ1n) is 9.46. The van der Waals surface area contributed by atoms with Crippen molar-refractivity contribution in [1.29, 1.82) is 0 Å². The molecule has 140 valence electrons. The summed E-state index contributed by atoms with van der Waals surface area (Å²) in [7, 11) is 0. The van der Waals surface area contributed by atoms with Crippen LogP contribution in [0.5, 0.6) is 0 Å². The normalized spacial score (nSPS) is 16.1. The van der Waals surface area contributed by atoms with Gasteiger partial charge in [-0.3, -0.25) is 4.79 Å². The van der Waals surface area contributed by atoms with Crippen LogP contribution in [-0.2, 0) is 6.42 Å². The van der Waals surface area contributed by atoms with E-state index in [4.69, 9.17) is 4.42 Å². The fraction of sp³-hybridized carbons (Fsp3) is 0.227. The Bertz CT molecular complexity index is 1160. The smallest absolute Gasteiger partial charge is 0.255 e. The number of fused-ring (bicyclic) bond motifs is 2. The summed E-state index contributed by atoms with van der Waals surface area (Å²) in [5.41, 5.74) is 6.05. The Balaban J connectivity index is 1.50. The Morgan fingerprint density at radius 1 is 1.25 bits per heavy atom. The molecular weight excluding hydrogens is 352 g/mol. The summed E-state index contributed by atoms with van der Waals surface area (Å²) < 4.78 is 7.00. The zero-order chi connectivity index (χ0) is 19.1. The average Bonchev–Trinajstić information content (AvgIpc) is 3.38. The molecule has 0 radical (unpaired) electrons. The number of amides is 1. The third kappa shape index (κ3) is 2.78. The molecule has 0 bridgehead atoms. The molecule has 0 fully saturated rings. The molecule has 6 heteroatoms. The molecule has 0 spiro atoms. The third-order valence-electron chi connectivity index (χ3n) is 5.43. The molecule has 6 nitrogen and oxygen atoms in total. The molecule has 4 aromatic rings. The predicted molar refractivity (Wildman–Crippen MR) is 105 cm³/mol. The molecule has 3 heterocycles. The number of benzene rings is 1. The Labute approximate surface area is 162 Å². The summed E-state index contributed by atoms with van der Waals surface area (Å²) in [6.45, 7) is 1.98. The van der Waals surface area contributed by atoms with E-state index in [1.807, 2.05) is 35.7 Å². The van der Waals surface area contributed by atoms with Gasteiger partial charge in [0, 0.05) is 11.9 Å². The van der Waals surface area contributed by atoms with Gasteiger partial charge in [0.1, 0.15) is 12.0 Å². The Morgan fingerprint density at radius 2 is 2.14 bits per heavy atom. The second kappa shape index (κ2) is 6.64. The maximum Gasteiger partial charge on any atom is 0.255 e. The molecule has 0 aliphatic heterocycles. The van der Waals surface area contributed by atoms with E-state index in [1.165, 1.54) is 17.5 Å². The van der Waals surface area contributed by atoms with E-state index in [2.05, 4.69) is 33.5 Å². The molecule has 1 aliphatic carbocycles. The van der Waals surface area contributed by atoms with E-state index >= 15 is 0 Å². The number of hydrogen-bond donors (Lipinski definition) is 1. The molecule has 1 amide bonds. The fourth-order valence-corrected chi connectivity index (χ4v) is 4.02. The van der Waals surface area contributed by atoms with E-state index < -0.39 is 0 Å². The largest absolute Gasteiger partial charge is 0.451 e. The second-order valence-corrected chi connectivity index (χ2v) is 7.20. The highest BCUT2D eigenvalue weighted by Gasteiger charge is 2.23. The lowest BCUT2D eigenvalue weighted by molar-refractivity contribution is 0.0934. The van der Waals surface area contributed by atoms with E-state index in [1.54, 1.807) is 6.26 Å². The number of oxazole rings is 1. The van der Waals surface area contributed by atoms with Crippen LogP contribution in [0.15, 0.2) is 59.7 Å². The zero-order valence-electron chi connectivity index (χ0n) is 15.6. The van der Waals surface area contributed by atoms with Gasteiger partial charge in [0.25, 0.3) is 5.91 Å². The van der Waals surface area contributed by atoms with E-state index in [-0.39, 0.29) is 11.9 Å². The van der Waals surface area contributed by atoms with Gasteiger partial charge in [0.2, 0.25) is 0 Å². The molecule has 28 heavy (non-hydrogen) atoms. The summed E-state index contributed by atoms with van der Waals surface area (Å²) in [6, 6.07) is 12.1. The number of carbonyl (C=O) groups is 1. The van der Waals surface area contributed by atoms with Crippen LogP contribution >= 0.6 is 0 Å². The molecule has 5 rings (SSSR count). The van der Waals surface area contributed by atoms with Gasteiger partial charge in [-0.25, -0.2) is 9.97 Å². The molecule has 0 saturated carbocycles. The summed E-state index contributed by atoms with van der Waals surface area (Å²) in [4.78, 5) is 22.0. The molecule has 1 aliphatic rings. The van der Waals surface area contributed by atoms with Crippen LogP contribution < -0.4 is 5.32 Å². The minimum Gasteiger partial charge on any atom is -0.451 e. The van der Waals surface area contributed by atoms with Crippen molar-refractivity contribution in [2.24, 2.45) is 0 Å². The van der Waals surface area contributed by atoms with Crippen molar-refractivity contribution >= 4 is 11.6 Å².